The number of fused-ring (bicyclic) bond motifs is 1. The van der Waals surface area contributed by atoms with E-state index in [1.807, 2.05) is 23.9 Å². The van der Waals surface area contributed by atoms with E-state index in [0.29, 0.717) is 5.82 Å². The van der Waals surface area contributed by atoms with Crippen LogP contribution in [0, 0.1) is 11.6 Å². The summed E-state index contributed by atoms with van der Waals surface area (Å²) in [5.41, 5.74) is 0.756. The Bertz CT molecular complexity index is 747. The van der Waals surface area contributed by atoms with Crippen LogP contribution in [-0.4, -0.2) is 14.5 Å². The van der Waals surface area contributed by atoms with Gasteiger partial charge in [-0.15, -0.1) is 0 Å². The standard InChI is InChI=1S/C14H12F2N4/c1-20-6-5-9-13(18-8-19-14(9)20)17-7-10-11(15)3-2-4-12(10)16/h2-6,8H,7H2,1H3,(H,17,18,19). The molecule has 1 aromatic carbocycles. The Hall–Kier alpha value is -2.50. The van der Waals surface area contributed by atoms with E-state index >= 15 is 0 Å². The predicted molar refractivity (Wildman–Crippen MR) is 72.2 cm³/mol. The first-order valence-electron chi connectivity index (χ1n) is 6.09. The summed E-state index contributed by atoms with van der Waals surface area (Å²) in [6.07, 6.45) is 3.27. The highest BCUT2D eigenvalue weighted by Crippen LogP contribution is 2.21. The van der Waals surface area contributed by atoms with E-state index in [0.717, 1.165) is 11.0 Å². The highest BCUT2D eigenvalue weighted by atomic mass is 19.1. The van der Waals surface area contributed by atoms with Crippen molar-refractivity contribution >= 4 is 16.9 Å². The zero-order chi connectivity index (χ0) is 14.1. The van der Waals surface area contributed by atoms with Crippen molar-refractivity contribution in [3.05, 3.63) is 54.0 Å². The Morgan fingerprint density at radius 1 is 1.15 bits per heavy atom. The quantitative estimate of drug-likeness (QED) is 0.798. The number of rotatable bonds is 3. The van der Waals surface area contributed by atoms with Gasteiger partial charge in [0.25, 0.3) is 0 Å². The van der Waals surface area contributed by atoms with Gasteiger partial charge in [0.2, 0.25) is 0 Å². The van der Waals surface area contributed by atoms with E-state index in [1.54, 1.807) is 0 Å². The Morgan fingerprint density at radius 3 is 2.65 bits per heavy atom. The molecule has 3 aromatic rings. The van der Waals surface area contributed by atoms with Crippen LogP contribution in [0.4, 0.5) is 14.6 Å². The fourth-order valence-corrected chi connectivity index (χ4v) is 2.09. The predicted octanol–water partition coefficient (Wildman–Crippen LogP) is 2.86. The van der Waals surface area contributed by atoms with E-state index in [2.05, 4.69) is 15.3 Å². The number of aryl methyl sites for hydroxylation is 1. The second kappa shape index (κ2) is 4.88. The Kier molecular flexibility index (Phi) is 3.06. The molecule has 0 amide bonds. The fraction of sp³-hybridized carbons (Fsp3) is 0.143. The molecule has 0 bridgehead atoms. The van der Waals surface area contributed by atoms with Crippen molar-refractivity contribution in [1.82, 2.24) is 14.5 Å². The molecule has 0 aliphatic carbocycles. The lowest BCUT2D eigenvalue weighted by molar-refractivity contribution is 0.560. The smallest absolute Gasteiger partial charge is 0.145 e. The van der Waals surface area contributed by atoms with Crippen LogP contribution in [-0.2, 0) is 13.6 Å². The third kappa shape index (κ3) is 2.09. The molecule has 0 atom stereocenters. The Labute approximate surface area is 114 Å². The van der Waals surface area contributed by atoms with E-state index in [1.165, 1.54) is 24.5 Å². The average molecular weight is 274 g/mol. The number of nitrogens with one attached hydrogen (secondary N) is 1. The summed E-state index contributed by atoms with van der Waals surface area (Å²) in [5, 5.41) is 3.77. The summed E-state index contributed by atoms with van der Waals surface area (Å²) in [6.45, 7) is 0.0273. The summed E-state index contributed by atoms with van der Waals surface area (Å²) in [5.74, 6) is -0.593. The summed E-state index contributed by atoms with van der Waals surface area (Å²) in [6, 6.07) is 5.67. The maximum Gasteiger partial charge on any atom is 0.145 e. The van der Waals surface area contributed by atoms with Crippen molar-refractivity contribution in [1.29, 1.82) is 0 Å². The number of halogens is 2. The van der Waals surface area contributed by atoms with Crippen molar-refractivity contribution in [2.75, 3.05) is 5.32 Å². The van der Waals surface area contributed by atoms with Crippen LogP contribution in [0.15, 0.2) is 36.8 Å². The molecular formula is C14H12F2N4. The van der Waals surface area contributed by atoms with Gasteiger partial charge in [-0.05, 0) is 18.2 Å². The van der Waals surface area contributed by atoms with Gasteiger partial charge in [0.05, 0.1) is 5.39 Å². The molecule has 0 radical (unpaired) electrons. The van der Waals surface area contributed by atoms with Crippen LogP contribution in [0.1, 0.15) is 5.56 Å². The van der Waals surface area contributed by atoms with Gasteiger partial charge in [-0.2, -0.15) is 0 Å². The molecule has 1 N–H and O–H groups in total. The Morgan fingerprint density at radius 2 is 1.90 bits per heavy atom. The molecule has 0 unspecified atom stereocenters. The number of hydrogen-bond donors (Lipinski definition) is 1. The fourth-order valence-electron chi connectivity index (χ4n) is 2.09. The first-order valence-corrected chi connectivity index (χ1v) is 6.09. The van der Waals surface area contributed by atoms with Crippen molar-refractivity contribution in [3.8, 4) is 0 Å². The maximum absolute atomic E-state index is 13.6. The minimum atomic E-state index is -0.573. The largest absolute Gasteiger partial charge is 0.365 e. The zero-order valence-corrected chi connectivity index (χ0v) is 10.8. The molecule has 0 saturated carbocycles. The average Bonchev–Trinajstić information content (AvgIpc) is 2.81. The van der Waals surface area contributed by atoms with E-state index in [9.17, 15) is 8.78 Å². The molecule has 0 spiro atoms. The van der Waals surface area contributed by atoms with Crippen LogP contribution in [0.3, 0.4) is 0 Å². The van der Waals surface area contributed by atoms with Crippen molar-refractivity contribution < 1.29 is 8.78 Å². The van der Waals surface area contributed by atoms with Gasteiger partial charge in [-0.3, -0.25) is 0 Å². The number of aromatic nitrogens is 3. The molecule has 6 heteroatoms. The van der Waals surface area contributed by atoms with Gasteiger partial charge in [0, 0.05) is 25.4 Å². The van der Waals surface area contributed by atoms with Gasteiger partial charge >= 0.3 is 0 Å². The molecule has 0 saturated heterocycles. The van der Waals surface area contributed by atoms with Crippen LogP contribution in [0.25, 0.3) is 11.0 Å². The summed E-state index contributed by atoms with van der Waals surface area (Å²) in [4.78, 5) is 8.27. The van der Waals surface area contributed by atoms with E-state index in [-0.39, 0.29) is 12.1 Å². The van der Waals surface area contributed by atoms with Gasteiger partial charge in [-0.25, -0.2) is 18.7 Å². The minimum Gasteiger partial charge on any atom is -0.365 e. The lowest BCUT2D eigenvalue weighted by Gasteiger charge is -2.08. The molecule has 0 aliphatic heterocycles. The lowest BCUT2D eigenvalue weighted by Crippen LogP contribution is -2.06. The first-order chi connectivity index (χ1) is 9.66. The van der Waals surface area contributed by atoms with Gasteiger partial charge in [0.15, 0.2) is 0 Å². The zero-order valence-electron chi connectivity index (χ0n) is 10.8. The third-order valence-corrected chi connectivity index (χ3v) is 3.16. The number of benzene rings is 1. The number of nitrogens with zero attached hydrogens (tertiary/aromatic N) is 3. The summed E-state index contributed by atoms with van der Waals surface area (Å²) >= 11 is 0. The monoisotopic (exact) mass is 274 g/mol. The highest BCUT2D eigenvalue weighted by molar-refractivity contribution is 5.87. The summed E-state index contributed by atoms with van der Waals surface area (Å²) in [7, 11) is 1.87. The maximum atomic E-state index is 13.6. The molecule has 2 aromatic heterocycles. The van der Waals surface area contributed by atoms with Gasteiger partial charge in [0.1, 0.15) is 29.4 Å². The Balaban J connectivity index is 1.91. The minimum absolute atomic E-state index is 0.00445. The van der Waals surface area contributed by atoms with E-state index in [4.69, 9.17) is 0 Å². The SMILES string of the molecule is Cn1ccc2c(NCc3c(F)cccc3F)ncnc21. The first kappa shape index (κ1) is 12.5. The molecule has 0 aliphatic rings. The molecule has 0 fully saturated rings. The van der Waals surface area contributed by atoms with Gasteiger partial charge < -0.3 is 9.88 Å². The number of anilines is 1. The van der Waals surface area contributed by atoms with Crippen molar-refractivity contribution in [2.24, 2.45) is 7.05 Å². The highest BCUT2D eigenvalue weighted by Gasteiger charge is 2.10. The van der Waals surface area contributed by atoms with Crippen LogP contribution in [0.5, 0.6) is 0 Å². The normalized spacial score (nSPS) is 10.9. The van der Waals surface area contributed by atoms with E-state index < -0.39 is 11.6 Å². The van der Waals surface area contributed by atoms with Crippen molar-refractivity contribution in [3.63, 3.8) is 0 Å². The molecule has 2 heterocycles. The third-order valence-electron chi connectivity index (χ3n) is 3.16. The number of hydrogen-bond acceptors (Lipinski definition) is 3. The van der Waals surface area contributed by atoms with Crippen molar-refractivity contribution in [2.45, 2.75) is 6.54 Å². The summed E-state index contributed by atoms with van der Waals surface area (Å²) < 4.78 is 29.0. The second-order valence-corrected chi connectivity index (χ2v) is 4.44. The van der Waals surface area contributed by atoms with Crippen LogP contribution < -0.4 is 5.32 Å². The van der Waals surface area contributed by atoms with Gasteiger partial charge in [-0.1, -0.05) is 6.07 Å². The molecular weight excluding hydrogens is 262 g/mol. The molecule has 20 heavy (non-hydrogen) atoms. The molecule has 3 rings (SSSR count). The van der Waals surface area contributed by atoms with Crippen LogP contribution >= 0.6 is 0 Å². The molecule has 102 valence electrons. The molecule has 4 nitrogen and oxygen atoms in total. The lowest BCUT2D eigenvalue weighted by atomic mass is 10.2. The second-order valence-electron chi connectivity index (χ2n) is 4.44. The topological polar surface area (TPSA) is 42.7 Å². The van der Waals surface area contributed by atoms with Crippen LogP contribution in [0.2, 0.25) is 0 Å².